The lowest BCUT2D eigenvalue weighted by Crippen LogP contribution is -2.20. The Morgan fingerprint density at radius 3 is 2.87 bits per heavy atom. The molecule has 3 aromatic rings. The Morgan fingerprint density at radius 1 is 1.35 bits per heavy atom. The number of aromatic amines is 1. The van der Waals surface area contributed by atoms with Crippen molar-refractivity contribution in [1.82, 2.24) is 4.98 Å². The molecular formula is C16H9ClFNO3S. The monoisotopic (exact) mass is 349 g/mol. The third kappa shape index (κ3) is 3.49. The van der Waals surface area contributed by atoms with Crippen LogP contribution in [0, 0.1) is 5.82 Å². The fraction of sp³-hybridized carbons (Fsp3) is 0. The summed E-state index contributed by atoms with van der Waals surface area (Å²) in [6, 6.07) is 7.39. The number of aromatic nitrogens is 1. The zero-order chi connectivity index (χ0) is 16.4. The zero-order valence-corrected chi connectivity index (χ0v) is 13.1. The predicted molar refractivity (Wildman–Crippen MR) is 86.7 cm³/mol. The van der Waals surface area contributed by atoms with Crippen LogP contribution >= 0.6 is 22.9 Å². The Bertz CT molecular complexity index is 1030. The van der Waals surface area contributed by atoms with Gasteiger partial charge >= 0.3 is 0 Å². The second-order valence-electron chi connectivity index (χ2n) is 4.59. The number of halogens is 2. The van der Waals surface area contributed by atoms with Crippen molar-refractivity contribution in [1.29, 1.82) is 0 Å². The van der Waals surface area contributed by atoms with Crippen LogP contribution in [0.3, 0.4) is 0 Å². The lowest BCUT2D eigenvalue weighted by Gasteiger charge is -1.94. The summed E-state index contributed by atoms with van der Waals surface area (Å²) < 4.78 is 19.2. The average molecular weight is 350 g/mol. The van der Waals surface area contributed by atoms with Crippen molar-refractivity contribution in [2.45, 2.75) is 0 Å². The molecule has 23 heavy (non-hydrogen) atoms. The van der Waals surface area contributed by atoms with E-state index in [1.165, 1.54) is 36.6 Å². The molecule has 3 rings (SSSR count). The fourth-order valence-corrected chi connectivity index (χ4v) is 2.89. The molecule has 0 saturated carbocycles. The predicted octanol–water partition coefficient (Wildman–Crippen LogP) is 2.31. The molecule has 0 amide bonds. The van der Waals surface area contributed by atoms with E-state index >= 15 is 0 Å². The Kier molecular flexibility index (Phi) is 4.27. The minimum atomic E-state index is -0.562. The van der Waals surface area contributed by atoms with Gasteiger partial charge in [-0.3, -0.25) is 9.59 Å². The molecule has 116 valence electrons. The van der Waals surface area contributed by atoms with Crippen molar-refractivity contribution in [3.63, 3.8) is 0 Å². The molecule has 0 aliphatic carbocycles. The number of carbonyl (C=O) groups is 1. The topological polar surface area (TPSA) is 63.1 Å². The van der Waals surface area contributed by atoms with Gasteiger partial charge in [0, 0.05) is 6.08 Å². The van der Waals surface area contributed by atoms with Gasteiger partial charge in [0.2, 0.25) is 5.78 Å². The highest BCUT2D eigenvalue weighted by Gasteiger charge is 2.06. The van der Waals surface area contributed by atoms with Gasteiger partial charge in [0.1, 0.15) is 5.82 Å². The van der Waals surface area contributed by atoms with Gasteiger partial charge in [-0.2, -0.15) is 0 Å². The number of furan rings is 1. The summed E-state index contributed by atoms with van der Waals surface area (Å²) in [4.78, 5) is 26.4. The highest BCUT2D eigenvalue weighted by atomic mass is 35.5. The second kappa shape index (κ2) is 6.36. The van der Waals surface area contributed by atoms with E-state index in [1.54, 1.807) is 12.1 Å². The normalized spacial score (nSPS) is 12.8. The first kappa shape index (κ1) is 15.5. The highest BCUT2D eigenvalue weighted by Crippen LogP contribution is 2.15. The van der Waals surface area contributed by atoms with Crippen LogP contribution in [0.4, 0.5) is 4.39 Å². The molecule has 4 nitrogen and oxygen atoms in total. The van der Waals surface area contributed by atoms with Gasteiger partial charge in [-0.1, -0.05) is 17.7 Å². The summed E-state index contributed by atoms with van der Waals surface area (Å²) in [6.45, 7) is 0. The largest absolute Gasteiger partial charge is 0.461 e. The van der Waals surface area contributed by atoms with E-state index in [0.29, 0.717) is 14.8 Å². The quantitative estimate of drug-likeness (QED) is 0.738. The molecule has 0 saturated heterocycles. The first-order chi connectivity index (χ1) is 11.0. The van der Waals surface area contributed by atoms with E-state index in [9.17, 15) is 14.0 Å². The maximum absolute atomic E-state index is 13.4. The molecule has 0 aliphatic rings. The smallest absolute Gasteiger partial charge is 0.266 e. The van der Waals surface area contributed by atoms with Gasteiger partial charge in [-0.15, -0.1) is 11.3 Å². The lowest BCUT2D eigenvalue weighted by molar-refractivity contribution is 0.103. The molecule has 0 spiro atoms. The van der Waals surface area contributed by atoms with Gasteiger partial charge < -0.3 is 9.40 Å². The highest BCUT2D eigenvalue weighted by molar-refractivity contribution is 7.07. The third-order valence-corrected chi connectivity index (χ3v) is 4.22. The number of benzene rings is 1. The molecule has 2 heterocycles. The first-order valence-corrected chi connectivity index (χ1v) is 7.68. The number of hydrogen-bond donors (Lipinski definition) is 1. The number of Topliss-reactive ketones (excluding diaryl/α,β-unsaturated/α-hetero) is 1. The van der Waals surface area contributed by atoms with Crippen LogP contribution in [0.15, 0.2) is 45.8 Å². The molecule has 0 radical (unpaired) electrons. The van der Waals surface area contributed by atoms with E-state index in [0.717, 1.165) is 11.3 Å². The third-order valence-electron chi connectivity index (χ3n) is 2.95. The molecule has 0 unspecified atom stereocenters. The molecule has 0 bridgehead atoms. The van der Waals surface area contributed by atoms with Crippen molar-refractivity contribution >= 4 is 40.9 Å². The van der Waals surface area contributed by atoms with Gasteiger partial charge in [0.25, 0.3) is 5.56 Å². The molecular weight excluding hydrogens is 341 g/mol. The average Bonchev–Trinajstić information content (AvgIpc) is 3.14. The molecule has 0 atom stereocenters. The van der Waals surface area contributed by atoms with Gasteiger partial charge in [-0.25, -0.2) is 4.39 Å². The van der Waals surface area contributed by atoms with E-state index in [4.69, 9.17) is 16.0 Å². The van der Waals surface area contributed by atoms with Crippen molar-refractivity contribution in [3.8, 4) is 0 Å². The van der Waals surface area contributed by atoms with Crippen LogP contribution in [-0.2, 0) is 0 Å². The molecule has 0 aliphatic heterocycles. The van der Waals surface area contributed by atoms with E-state index in [-0.39, 0.29) is 22.1 Å². The van der Waals surface area contributed by atoms with Crippen LogP contribution < -0.4 is 14.8 Å². The maximum Gasteiger partial charge on any atom is 0.266 e. The summed E-state index contributed by atoms with van der Waals surface area (Å²) in [5, 5.41) is 0.0142. The maximum atomic E-state index is 13.4. The number of H-pyrrole nitrogens is 1. The van der Waals surface area contributed by atoms with Crippen LogP contribution in [0.1, 0.15) is 16.1 Å². The first-order valence-electron chi connectivity index (χ1n) is 6.48. The van der Waals surface area contributed by atoms with Crippen LogP contribution in [0.5, 0.6) is 0 Å². The number of carbonyl (C=O) groups excluding carboxylic acids is 1. The Labute approximate surface area is 138 Å². The number of ketones is 1. The van der Waals surface area contributed by atoms with Crippen LogP contribution in [-0.4, -0.2) is 10.8 Å². The Balaban J connectivity index is 2.01. The SMILES string of the molecule is O=C(C=c1[nH]c(=O)c(=Cc2ccc(Cl)c(F)c2)s1)c1ccco1. The molecule has 7 heteroatoms. The van der Waals surface area contributed by atoms with E-state index < -0.39 is 5.82 Å². The standard InChI is InChI=1S/C16H9ClFNO3S/c17-10-4-3-9(6-11(10)18)7-14-16(21)19-15(23-14)8-12(20)13-2-1-5-22-13/h1-8H,(H,19,21). The van der Waals surface area contributed by atoms with Crippen molar-refractivity contribution in [2.75, 3.05) is 0 Å². The van der Waals surface area contributed by atoms with E-state index in [1.807, 2.05) is 0 Å². The summed E-state index contributed by atoms with van der Waals surface area (Å²) in [5.74, 6) is -0.727. The van der Waals surface area contributed by atoms with Gasteiger partial charge in [-0.05, 0) is 35.9 Å². The lowest BCUT2D eigenvalue weighted by atomic mass is 10.2. The fourth-order valence-electron chi connectivity index (χ4n) is 1.89. The molecule has 1 aromatic carbocycles. The number of nitrogens with one attached hydrogen (secondary N) is 1. The second-order valence-corrected chi connectivity index (χ2v) is 6.08. The van der Waals surface area contributed by atoms with Crippen molar-refractivity contribution < 1.29 is 13.6 Å². The molecule has 1 N–H and O–H groups in total. The summed E-state index contributed by atoms with van der Waals surface area (Å²) in [6.07, 6.45) is 4.20. The van der Waals surface area contributed by atoms with Crippen molar-refractivity contribution in [2.24, 2.45) is 0 Å². The molecule has 0 fully saturated rings. The van der Waals surface area contributed by atoms with Crippen molar-refractivity contribution in [3.05, 3.63) is 78.3 Å². The minimum absolute atomic E-state index is 0.0142. The summed E-state index contributed by atoms with van der Waals surface area (Å²) in [7, 11) is 0. The Morgan fingerprint density at radius 2 is 2.17 bits per heavy atom. The van der Waals surface area contributed by atoms with Crippen LogP contribution in [0.25, 0.3) is 12.2 Å². The van der Waals surface area contributed by atoms with Crippen LogP contribution in [0.2, 0.25) is 5.02 Å². The minimum Gasteiger partial charge on any atom is -0.461 e. The number of rotatable bonds is 3. The number of thiazole rings is 1. The number of hydrogen-bond acceptors (Lipinski definition) is 4. The van der Waals surface area contributed by atoms with E-state index in [2.05, 4.69) is 4.98 Å². The summed E-state index contributed by atoms with van der Waals surface area (Å²) >= 11 is 6.71. The molecule has 2 aromatic heterocycles. The van der Waals surface area contributed by atoms with Gasteiger partial charge in [0.05, 0.1) is 20.5 Å². The Hall–Kier alpha value is -2.44. The summed E-state index contributed by atoms with van der Waals surface area (Å²) in [5.41, 5.74) is 0.145. The zero-order valence-electron chi connectivity index (χ0n) is 11.5. The van der Waals surface area contributed by atoms with Gasteiger partial charge in [0.15, 0.2) is 5.76 Å².